The third-order valence-corrected chi connectivity index (χ3v) is 8.10. The van der Waals surface area contributed by atoms with Gasteiger partial charge in [-0.3, -0.25) is 24.1 Å². The van der Waals surface area contributed by atoms with Crippen molar-refractivity contribution >= 4 is 72.8 Å². The number of benzene rings is 1. The minimum absolute atomic E-state index is 0.0889. The fourth-order valence-corrected chi connectivity index (χ4v) is 4.96. The quantitative estimate of drug-likeness (QED) is 0.346. The van der Waals surface area contributed by atoms with Gasteiger partial charge in [0.15, 0.2) is 6.61 Å². The largest absolute Gasteiger partial charge is 0.454 e. The summed E-state index contributed by atoms with van der Waals surface area (Å²) in [6, 6.07) is 5.04. The van der Waals surface area contributed by atoms with Crippen LogP contribution in [0.3, 0.4) is 0 Å². The summed E-state index contributed by atoms with van der Waals surface area (Å²) in [4.78, 5) is 50.4. The number of likely N-dealkylation sites (tertiary alicyclic amines) is 1. The number of amides is 3. The van der Waals surface area contributed by atoms with Crippen LogP contribution in [0.4, 0.5) is 5.69 Å². The number of aryl methyl sites for hydroxylation is 1. The summed E-state index contributed by atoms with van der Waals surface area (Å²) in [6.45, 7) is 0.784. The zero-order valence-corrected chi connectivity index (χ0v) is 19.4. The van der Waals surface area contributed by atoms with Gasteiger partial charge in [-0.25, -0.2) is 0 Å². The number of esters is 1. The van der Waals surface area contributed by atoms with E-state index in [1.54, 1.807) is 25.1 Å². The van der Waals surface area contributed by atoms with E-state index in [2.05, 4.69) is 37.2 Å². The van der Waals surface area contributed by atoms with Crippen molar-refractivity contribution in [2.45, 2.75) is 29.4 Å². The van der Waals surface area contributed by atoms with E-state index in [0.29, 0.717) is 23.6 Å². The first-order chi connectivity index (χ1) is 13.7. The number of rotatable bonds is 5. The Bertz CT molecular complexity index is 837. The van der Waals surface area contributed by atoms with E-state index in [9.17, 15) is 19.2 Å². The van der Waals surface area contributed by atoms with Gasteiger partial charge in [-0.1, -0.05) is 49.5 Å². The van der Waals surface area contributed by atoms with Crippen LogP contribution in [-0.4, -0.2) is 51.4 Å². The van der Waals surface area contributed by atoms with Crippen LogP contribution in [0.5, 0.6) is 0 Å². The maximum atomic E-state index is 12.6. The van der Waals surface area contributed by atoms with Crippen LogP contribution >= 0.6 is 43.5 Å². The molecule has 0 bridgehead atoms. The zero-order chi connectivity index (χ0) is 21.3. The summed E-state index contributed by atoms with van der Waals surface area (Å²) in [5.41, 5.74) is 1.32. The van der Waals surface area contributed by atoms with Crippen molar-refractivity contribution in [3.8, 4) is 0 Å². The molecule has 1 aliphatic heterocycles. The molecule has 4 atom stereocenters. The van der Waals surface area contributed by atoms with Gasteiger partial charge >= 0.3 is 5.97 Å². The van der Waals surface area contributed by atoms with Gasteiger partial charge in [0, 0.05) is 20.4 Å². The molecule has 0 radical (unpaired) electrons. The predicted molar refractivity (Wildman–Crippen MR) is 114 cm³/mol. The third-order valence-electron chi connectivity index (χ3n) is 5.13. The second kappa shape index (κ2) is 9.14. The van der Waals surface area contributed by atoms with E-state index in [0.717, 1.165) is 10.5 Å². The van der Waals surface area contributed by atoms with Gasteiger partial charge in [-0.2, -0.15) is 0 Å². The van der Waals surface area contributed by atoms with E-state index in [1.165, 1.54) is 0 Å². The molecule has 1 aliphatic carbocycles. The summed E-state index contributed by atoms with van der Waals surface area (Å²) >= 11 is 12.9. The SMILES string of the molecule is Cc1ccc(Cl)cc1NC(=O)COC(=O)CN1C(=O)[C@@H]2C[C@@H](Br)[C@@H](Br)C[C@H]2C1=O. The van der Waals surface area contributed by atoms with Crippen LogP contribution in [0.25, 0.3) is 0 Å². The molecule has 1 aromatic carbocycles. The van der Waals surface area contributed by atoms with Gasteiger partial charge in [0.25, 0.3) is 5.91 Å². The Kier molecular flexibility index (Phi) is 7.01. The highest BCUT2D eigenvalue weighted by molar-refractivity contribution is 9.12. The predicted octanol–water partition coefficient (Wildman–Crippen LogP) is 3.05. The lowest BCUT2D eigenvalue weighted by molar-refractivity contribution is -0.154. The van der Waals surface area contributed by atoms with Crippen LogP contribution in [0, 0.1) is 18.8 Å². The van der Waals surface area contributed by atoms with Gasteiger partial charge in [-0.05, 0) is 37.5 Å². The summed E-state index contributed by atoms with van der Waals surface area (Å²) < 4.78 is 4.95. The van der Waals surface area contributed by atoms with Crippen molar-refractivity contribution in [1.82, 2.24) is 4.90 Å². The number of alkyl halides is 2. The van der Waals surface area contributed by atoms with Gasteiger partial charge < -0.3 is 10.1 Å². The molecule has 1 heterocycles. The molecule has 1 N–H and O–H groups in total. The molecule has 156 valence electrons. The minimum Gasteiger partial charge on any atom is -0.454 e. The smallest absolute Gasteiger partial charge is 0.326 e. The molecule has 7 nitrogen and oxygen atoms in total. The van der Waals surface area contributed by atoms with Crippen LogP contribution in [0.1, 0.15) is 18.4 Å². The summed E-state index contributed by atoms with van der Waals surface area (Å²) in [5, 5.41) is 3.07. The van der Waals surface area contributed by atoms with Crippen LogP contribution in [0.15, 0.2) is 18.2 Å². The minimum atomic E-state index is -0.811. The van der Waals surface area contributed by atoms with Crippen LogP contribution < -0.4 is 5.32 Å². The normalized spacial score (nSPS) is 26.3. The number of nitrogens with one attached hydrogen (secondary N) is 1. The Balaban J connectivity index is 1.53. The molecule has 3 rings (SSSR count). The molecule has 0 aromatic heterocycles. The van der Waals surface area contributed by atoms with E-state index >= 15 is 0 Å². The first kappa shape index (κ1) is 22.2. The summed E-state index contributed by atoms with van der Waals surface area (Å²) in [5.74, 6) is -2.93. The highest BCUT2D eigenvalue weighted by atomic mass is 79.9. The second-order valence-electron chi connectivity index (χ2n) is 7.15. The lowest BCUT2D eigenvalue weighted by Gasteiger charge is -2.29. The van der Waals surface area contributed by atoms with E-state index in [-0.39, 0.29) is 21.5 Å². The number of carbonyl (C=O) groups excluding carboxylic acids is 4. The number of imide groups is 1. The second-order valence-corrected chi connectivity index (χ2v) is 9.94. The fraction of sp³-hybridized carbons (Fsp3) is 0.474. The number of anilines is 1. The first-order valence-corrected chi connectivity index (χ1v) is 11.2. The molecule has 3 amide bonds. The molecule has 2 aliphatic rings. The number of carbonyl (C=O) groups is 4. The molecule has 2 fully saturated rings. The van der Waals surface area contributed by atoms with E-state index in [1.807, 2.05) is 0 Å². The van der Waals surface area contributed by atoms with Gasteiger partial charge in [-0.15, -0.1) is 0 Å². The number of halogens is 3. The Morgan fingerprint density at radius 1 is 1.17 bits per heavy atom. The van der Waals surface area contributed by atoms with Gasteiger partial charge in [0.1, 0.15) is 6.54 Å². The van der Waals surface area contributed by atoms with Gasteiger partial charge in [0.05, 0.1) is 11.8 Å². The third kappa shape index (κ3) is 5.00. The average Bonchev–Trinajstić information content (AvgIpc) is 2.88. The van der Waals surface area contributed by atoms with E-state index in [4.69, 9.17) is 16.3 Å². The standard InChI is InChI=1S/C19H19Br2ClN2O5/c1-9-2-3-10(22)4-15(9)23-16(25)8-29-17(26)7-24-18(27)11-5-13(20)14(21)6-12(11)19(24)28/h2-4,11-14H,5-8H2,1H3,(H,23,25)/t11-,12-,13-,14+/m1/s1. The van der Waals surface area contributed by atoms with Crippen molar-refractivity contribution in [3.05, 3.63) is 28.8 Å². The van der Waals surface area contributed by atoms with Crippen LogP contribution in [-0.2, 0) is 23.9 Å². The lowest BCUT2D eigenvalue weighted by Crippen LogP contribution is -2.37. The highest BCUT2D eigenvalue weighted by Crippen LogP contribution is 2.43. The summed E-state index contributed by atoms with van der Waals surface area (Å²) in [7, 11) is 0. The lowest BCUT2D eigenvalue weighted by atomic mass is 9.81. The summed E-state index contributed by atoms with van der Waals surface area (Å²) in [6.07, 6.45) is 1.05. The van der Waals surface area contributed by atoms with Gasteiger partial charge in [0.2, 0.25) is 11.8 Å². The molecule has 1 saturated heterocycles. The van der Waals surface area contributed by atoms with E-state index < -0.39 is 36.9 Å². The Morgan fingerprint density at radius 2 is 1.76 bits per heavy atom. The molecule has 10 heteroatoms. The van der Waals surface area contributed by atoms with Crippen molar-refractivity contribution < 1.29 is 23.9 Å². The first-order valence-electron chi connectivity index (χ1n) is 9.02. The zero-order valence-electron chi connectivity index (χ0n) is 15.5. The Hall–Kier alpha value is -1.45. The molecule has 1 aromatic rings. The molecular weight excluding hydrogens is 531 g/mol. The average molecular weight is 551 g/mol. The number of hydrogen-bond donors (Lipinski definition) is 1. The van der Waals surface area contributed by atoms with Crippen molar-refractivity contribution in [2.24, 2.45) is 11.8 Å². The van der Waals surface area contributed by atoms with Crippen molar-refractivity contribution in [3.63, 3.8) is 0 Å². The number of hydrogen-bond acceptors (Lipinski definition) is 5. The van der Waals surface area contributed by atoms with Crippen LogP contribution in [0.2, 0.25) is 5.02 Å². The number of ether oxygens (including phenoxy) is 1. The molecule has 1 saturated carbocycles. The fourth-order valence-electron chi connectivity index (χ4n) is 3.56. The maximum Gasteiger partial charge on any atom is 0.326 e. The molecular formula is C19H19Br2ClN2O5. The number of nitrogens with zero attached hydrogens (tertiary/aromatic N) is 1. The Labute approximate surface area is 189 Å². The number of fused-ring (bicyclic) bond motifs is 1. The highest BCUT2D eigenvalue weighted by Gasteiger charge is 2.52. The molecule has 29 heavy (non-hydrogen) atoms. The van der Waals surface area contributed by atoms with Crippen molar-refractivity contribution in [2.75, 3.05) is 18.5 Å². The molecule has 0 spiro atoms. The topological polar surface area (TPSA) is 92.8 Å². The Morgan fingerprint density at radius 3 is 2.34 bits per heavy atom. The molecule has 0 unspecified atom stereocenters. The maximum absolute atomic E-state index is 12.6. The van der Waals surface area contributed by atoms with Crippen molar-refractivity contribution in [1.29, 1.82) is 0 Å². The monoisotopic (exact) mass is 548 g/mol.